The third-order valence-corrected chi connectivity index (χ3v) is 4.21. The first-order valence-corrected chi connectivity index (χ1v) is 6.67. The Balaban J connectivity index is 2.36. The van der Waals surface area contributed by atoms with Crippen molar-refractivity contribution in [3.8, 4) is 6.07 Å². The van der Waals surface area contributed by atoms with Crippen LogP contribution in [-0.2, 0) is 0 Å². The van der Waals surface area contributed by atoms with Crippen LogP contribution in [0.5, 0.6) is 0 Å². The van der Waals surface area contributed by atoms with Crippen LogP contribution in [0.4, 0.5) is 0 Å². The standard InChI is InChI=1S/C13H9NOS2/c1-9(15)12-4-5-13(17-12)10(8-14)7-11-3-2-6-16-11/h2-7H,1H3. The van der Waals surface area contributed by atoms with Gasteiger partial charge in [0.1, 0.15) is 6.07 Å². The Morgan fingerprint density at radius 1 is 1.35 bits per heavy atom. The molecule has 0 bridgehead atoms. The molecule has 0 amide bonds. The van der Waals surface area contributed by atoms with Crippen molar-refractivity contribution in [2.45, 2.75) is 6.92 Å². The van der Waals surface area contributed by atoms with Crippen molar-refractivity contribution in [2.24, 2.45) is 0 Å². The van der Waals surface area contributed by atoms with Crippen LogP contribution in [0, 0.1) is 11.3 Å². The molecule has 0 aliphatic rings. The van der Waals surface area contributed by atoms with Crippen molar-refractivity contribution < 1.29 is 4.79 Å². The summed E-state index contributed by atoms with van der Waals surface area (Å²) in [6, 6.07) is 9.67. The van der Waals surface area contributed by atoms with Gasteiger partial charge in [0, 0.05) is 9.75 Å². The van der Waals surface area contributed by atoms with Crippen molar-refractivity contribution in [3.63, 3.8) is 0 Å². The van der Waals surface area contributed by atoms with Gasteiger partial charge in [0.15, 0.2) is 5.78 Å². The van der Waals surface area contributed by atoms with E-state index in [-0.39, 0.29) is 5.78 Å². The highest BCUT2D eigenvalue weighted by Gasteiger charge is 2.08. The van der Waals surface area contributed by atoms with Crippen molar-refractivity contribution in [1.29, 1.82) is 5.26 Å². The first kappa shape index (κ1) is 11.8. The predicted octanol–water partition coefficient (Wildman–Crippen LogP) is 4.08. The van der Waals surface area contributed by atoms with Crippen LogP contribution in [0.25, 0.3) is 11.6 Å². The maximum atomic E-state index is 11.2. The lowest BCUT2D eigenvalue weighted by atomic mass is 10.2. The lowest BCUT2D eigenvalue weighted by molar-refractivity contribution is 0.102. The summed E-state index contributed by atoms with van der Waals surface area (Å²) in [7, 11) is 0. The van der Waals surface area contributed by atoms with E-state index in [1.807, 2.05) is 29.7 Å². The van der Waals surface area contributed by atoms with E-state index in [1.165, 1.54) is 18.3 Å². The molecule has 0 fully saturated rings. The SMILES string of the molecule is CC(=O)c1ccc(C(C#N)=Cc2cccs2)s1. The Bertz CT molecular complexity index is 600. The van der Waals surface area contributed by atoms with Crippen LogP contribution in [0.3, 0.4) is 0 Å². The topological polar surface area (TPSA) is 40.9 Å². The van der Waals surface area contributed by atoms with Gasteiger partial charge < -0.3 is 0 Å². The number of hydrogen-bond acceptors (Lipinski definition) is 4. The zero-order valence-corrected chi connectivity index (χ0v) is 10.8. The molecule has 0 N–H and O–H groups in total. The molecule has 2 rings (SSSR count). The average molecular weight is 259 g/mol. The van der Waals surface area contributed by atoms with E-state index in [1.54, 1.807) is 17.4 Å². The third kappa shape index (κ3) is 2.70. The van der Waals surface area contributed by atoms with E-state index >= 15 is 0 Å². The second-order valence-electron chi connectivity index (χ2n) is 3.41. The minimum Gasteiger partial charge on any atom is -0.294 e. The number of Topliss-reactive ketones (excluding diaryl/α,β-unsaturated/α-hetero) is 1. The van der Waals surface area contributed by atoms with Gasteiger partial charge in [-0.05, 0) is 36.6 Å². The molecule has 0 atom stereocenters. The summed E-state index contributed by atoms with van der Waals surface area (Å²) in [5.74, 6) is 0.0367. The van der Waals surface area contributed by atoms with Crippen molar-refractivity contribution in [1.82, 2.24) is 0 Å². The average Bonchev–Trinajstić information content (AvgIpc) is 2.96. The number of hydrogen-bond donors (Lipinski definition) is 0. The molecule has 0 saturated heterocycles. The van der Waals surface area contributed by atoms with E-state index in [9.17, 15) is 4.79 Å². The van der Waals surface area contributed by atoms with Crippen LogP contribution in [0.15, 0.2) is 29.6 Å². The molecule has 0 unspecified atom stereocenters. The zero-order chi connectivity index (χ0) is 12.3. The minimum absolute atomic E-state index is 0.0367. The molecule has 0 aliphatic heterocycles. The minimum atomic E-state index is 0.0367. The first-order valence-electron chi connectivity index (χ1n) is 4.97. The summed E-state index contributed by atoms with van der Waals surface area (Å²) < 4.78 is 0. The molecule has 2 heterocycles. The summed E-state index contributed by atoms with van der Waals surface area (Å²) in [5.41, 5.74) is 0.602. The van der Waals surface area contributed by atoms with Gasteiger partial charge in [-0.1, -0.05) is 6.07 Å². The third-order valence-electron chi connectivity index (χ3n) is 2.17. The fourth-order valence-corrected chi connectivity index (χ4v) is 2.87. The molecule has 17 heavy (non-hydrogen) atoms. The maximum Gasteiger partial charge on any atom is 0.169 e. The fourth-order valence-electron chi connectivity index (χ4n) is 1.35. The monoisotopic (exact) mass is 259 g/mol. The number of thiophene rings is 2. The molecule has 2 aromatic rings. The normalized spacial score (nSPS) is 11.2. The van der Waals surface area contributed by atoms with E-state index in [0.717, 1.165) is 9.75 Å². The summed E-state index contributed by atoms with van der Waals surface area (Å²) in [6.07, 6.45) is 1.85. The molecule has 2 aromatic heterocycles. The van der Waals surface area contributed by atoms with Gasteiger partial charge in [-0.15, -0.1) is 22.7 Å². The molecular weight excluding hydrogens is 250 g/mol. The van der Waals surface area contributed by atoms with Crippen LogP contribution in [0.2, 0.25) is 0 Å². The van der Waals surface area contributed by atoms with Crippen LogP contribution in [-0.4, -0.2) is 5.78 Å². The molecule has 2 nitrogen and oxygen atoms in total. The Kier molecular flexibility index (Phi) is 3.52. The lowest BCUT2D eigenvalue weighted by Gasteiger charge is -1.92. The van der Waals surface area contributed by atoms with Crippen molar-refractivity contribution >= 4 is 40.1 Å². The van der Waals surface area contributed by atoms with E-state index < -0.39 is 0 Å². The summed E-state index contributed by atoms with van der Waals surface area (Å²) >= 11 is 2.94. The first-order chi connectivity index (χ1) is 8.20. The number of carbonyl (C=O) groups excluding carboxylic acids is 1. The molecule has 84 valence electrons. The van der Waals surface area contributed by atoms with Gasteiger partial charge in [-0.3, -0.25) is 4.79 Å². The second-order valence-corrected chi connectivity index (χ2v) is 5.47. The second kappa shape index (κ2) is 5.09. The van der Waals surface area contributed by atoms with E-state index in [4.69, 9.17) is 5.26 Å². The molecule has 0 spiro atoms. The van der Waals surface area contributed by atoms with Gasteiger partial charge in [-0.25, -0.2) is 0 Å². The molecule has 0 saturated carbocycles. The van der Waals surface area contributed by atoms with Crippen LogP contribution < -0.4 is 0 Å². The quantitative estimate of drug-likeness (QED) is 0.615. The van der Waals surface area contributed by atoms with Crippen LogP contribution >= 0.6 is 22.7 Å². The number of carbonyl (C=O) groups is 1. The van der Waals surface area contributed by atoms with Gasteiger partial charge in [0.25, 0.3) is 0 Å². The van der Waals surface area contributed by atoms with Gasteiger partial charge in [0.2, 0.25) is 0 Å². The number of nitrogens with zero attached hydrogens (tertiary/aromatic N) is 1. The summed E-state index contributed by atoms with van der Waals surface area (Å²) in [4.78, 5) is 13.8. The van der Waals surface area contributed by atoms with Crippen molar-refractivity contribution in [3.05, 3.63) is 44.3 Å². The molecule has 0 aliphatic carbocycles. The van der Waals surface area contributed by atoms with Crippen LogP contribution in [0.1, 0.15) is 26.3 Å². The van der Waals surface area contributed by atoms with Gasteiger partial charge in [0.05, 0.1) is 10.5 Å². The van der Waals surface area contributed by atoms with Gasteiger partial charge >= 0.3 is 0 Å². The Labute approximate surface area is 107 Å². The summed E-state index contributed by atoms with van der Waals surface area (Å²) in [6.45, 7) is 1.53. The molecule has 4 heteroatoms. The summed E-state index contributed by atoms with van der Waals surface area (Å²) in [5, 5.41) is 11.1. The highest BCUT2D eigenvalue weighted by Crippen LogP contribution is 2.27. The number of nitriles is 1. The Morgan fingerprint density at radius 3 is 2.65 bits per heavy atom. The Morgan fingerprint density at radius 2 is 2.12 bits per heavy atom. The van der Waals surface area contributed by atoms with Gasteiger partial charge in [-0.2, -0.15) is 5.26 Å². The number of allylic oxidation sites excluding steroid dienone is 1. The lowest BCUT2D eigenvalue weighted by Crippen LogP contribution is -1.83. The Hall–Kier alpha value is -1.70. The number of rotatable bonds is 3. The maximum absolute atomic E-state index is 11.2. The smallest absolute Gasteiger partial charge is 0.169 e. The highest BCUT2D eigenvalue weighted by molar-refractivity contribution is 7.15. The van der Waals surface area contributed by atoms with Crippen molar-refractivity contribution in [2.75, 3.05) is 0 Å². The number of ketones is 1. The molecular formula is C13H9NOS2. The molecule has 0 aromatic carbocycles. The largest absolute Gasteiger partial charge is 0.294 e. The zero-order valence-electron chi connectivity index (χ0n) is 9.14. The van der Waals surface area contributed by atoms with E-state index in [2.05, 4.69) is 6.07 Å². The molecule has 0 radical (unpaired) electrons. The highest BCUT2D eigenvalue weighted by atomic mass is 32.1. The fraction of sp³-hybridized carbons (Fsp3) is 0.0769. The predicted molar refractivity (Wildman–Crippen MR) is 72.1 cm³/mol. The van der Waals surface area contributed by atoms with E-state index in [0.29, 0.717) is 10.5 Å².